The van der Waals surface area contributed by atoms with Crippen LogP contribution in [-0.4, -0.2) is 27.2 Å². The van der Waals surface area contributed by atoms with Crippen molar-refractivity contribution in [3.05, 3.63) is 23.8 Å². The highest BCUT2D eigenvalue weighted by molar-refractivity contribution is 7.93. The number of methoxy groups -OCH3 is 1. The summed E-state index contributed by atoms with van der Waals surface area (Å²) in [5, 5.41) is 0. The summed E-state index contributed by atoms with van der Waals surface area (Å²) >= 11 is 0. The Hall–Kier alpha value is -1.97. The van der Waals surface area contributed by atoms with E-state index in [-0.39, 0.29) is 5.69 Å². The molecule has 1 rings (SSSR count). The molecular formula is C10H11F3N2O4S. The van der Waals surface area contributed by atoms with E-state index in [9.17, 15) is 26.4 Å². The van der Waals surface area contributed by atoms with E-state index in [1.165, 1.54) is 0 Å². The lowest BCUT2D eigenvalue weighted by Gasteiger charge is -2.15. The minimum absolute atomic E-state index is 0.173. The van der Waals surface area contributed by atoms with Gasteiger partial charge in [-0.05, 0) is 18.2 Å². The van der Waals surface area contributed by atoms with E-state index in [0.717, 1.165) is 19.2 Å². The van der Waals surface area contributed by atoms with Crippen molar-refractivity contribution in [1.82, 2.24) is 0 Å². The number of hydrogen-bond donors (Lipinski definition) is 2. The van der Waals surface area contributed by atoms with Gasteiger partial charge in [0, 0.05) is 5.69 Å². The SMILES string of the molecule is COC(=O)CS(=O)(=O)Nc1ccc(N)cc1C(F)(F)F. The Morgan fingerprint density at radius 3 is 2.50 bits per heavy atom. The van der Waals surface area contributed by atoms with E-state index in [1.807, 2.05) is 0 Å². The van der Waals surface area contributed by atoms with Crippen LogP contribution >= 0.6 is 0 Å². The number of nitrogens with two attached hydrogens (primary N) is 1. The molecule has 0 bridgehead atoms. The molecule has 0 fully saturated rings. The average molecular weight is 312 g/mol. The number of halogens is 3. The van der Waals surface area contributed by atoms with Gasteiger partial charge in [0.25, 0.3) is 0 Å². The van der Waals surface area contributed by atoms with Crippen molar-refractivity contribution in [2.45, 2.75) is 6.18 Å². The minimum atomic E-state index is -4.79. The number of esters is 1. The molecule has 0 aliphatic heterocycles. The lowest BCUT2D eigenvalue weighted by atomic mass is 10.1. The first kappa shape index (κ1) is 16.1. The van der Waals surface area contributed by atoms with Gasteiger partial charge in [-0.15, -0.1) is 0 Å². The van der Waals surface area contributed by atoms with Crippen molar-refractivity contribution in [3.8, 4) is 0 Å². The second kappa shape index (κ2) is 5.57. The molecule has 1 aromatic carbocycles. The summed E-state index contributed by atoms with van der Waals surface area (Å²) in [6, 6.07) is 2.56. The molecule has 0 unspecified atom stereocenters. The van der Waals surface area contributed by atoms with Crippen LogP contribution in [0.25, 0.3) is 0 Å². The first-order chi connectivity index (χ1) is 9.05. The molecule has 0 aliphatic carbocycles. The predicted octanol–water partition coefficient (Wildman–Crippen LogP) is 1.20. The van der Waals surface area contributed by atoms with E-state index in [2.05, 4.69) is 4.74 Å². The van der Waals surface area contributed by atoms with Gasteiger partial charge in [-0.1, -0.05) is 0 Å². The monoisotopic (exact) mass is 312 g/mol. The van der Waals surface area contributed by atoms with E-state index in [0.29, 0.717) is 6.07 Å². The van der Waals surface area contributed by atoms with Crippen LogP contribution in [0.4, 0.5) is 24.5 Å². The van der Waals surface area contributed by atoms with Crippen LogP contribution in [0.3, 0.4) is 0 Å². The molecule has 0 atom stereocenters. The van der Waals surface area contributed by atoms with Crippen molar-refractivity contribution in [2.24, 2.45) is 0 Å². The third kappa shape index (κ3) is 4.30. The Balaban J connectivity index is 3.13. The Morgan fingerprint density at radius 1 is 1.40 bits per heavy atom. The van der Waals surface area contributed by atoms with Gasteiger partial charge in [-0.25, -0.2) is 8.42 Å². The molecule has 0 saturated carbocycles. The van der Waals surface area contributed by atoms with Gasteiger partial charge in [0.05, 0.1) is 18.4 Å². The zero-order valence-corrected chi connectivity index (χ0v) is 11.0. The van der Waals surface area contributed by atoms with Gasteiger partial charge < -0.3 is 10.5 Å². The smallest absolute Gasteiger partial charge is 0.418 e. The van der Waals surface area contributed by atoms with Crippen molar-refractivity contribution >= 4 is 27.4 Å². The number of alkyl halides is 3. The number of hydrogen-bond acceptors (Lipinski definition) is 5. The molecule has 6 nitrogen and oxygen atoms in total. The van der Waals surface area contributed by atoms with Crippen molar-refractivity contribution in [1.29, 1.82) is 0 Å². The summed E-state index contributed by atoms with van der Waals surface area (Å²) in [7, 11) is -3.35. The summed E-state index contributed by atoms with van der Waals surface area (Å²) in [5.41, 5.74) is 3.11. The molecule has 0 amide bonds. The molecule has 3 N–H and O–H groups in total. The Bertz CT molecular complexity index is 613. The van der Waals surface area contributed by atoms with E-state index < -0.39 is 39.2 Å². The number of sulfonamides is 1. The van der Waals surface area contributed by atoms with Crippen molar-refractivity contribution < 1.29 is 31.1 Å². The number of anilines is 2. The van der Waals surface area contributed by atoms with Gasteiger partial charge in [0.2, 0.25) is 10.0 Å². The van der Waals surface area contributed by atoms with E-state index in [1.54, 1.807) is 4.72 Å². The van der Waals surface area contributed by atoms with Crippen LogP contribution < -0.4 is 10.5 Å². The highest BCUT2D eigenvalue weighted by Gasteiger charge is 2.35. The van der Waals surface area contributed by atoms with Crippen LogP contribution in [-0.2, 0) is 25.7 Å². The zero-order valence-electron chi connectivity index (χ0n) is 10.2. The number of carbonyl (C=O) groups is 1. The number of nitrogen functional groups attached to an aromatic ring is 1. The largest absolute Gasteiger partial charge is 0.468 e. The second-order valence-electron chi connectivity index (χ2n) is 3.74. The fraction of sp³-hybridized carbons (Fsp3) is 0.300. The van der Waals surface area contributed by atoms with E-state index >= 15 is 0 Å². The third-order valence-corrected chi connectivity index (χ3v) is 3.30. The van der Waals surface area contributed by atoms with Gasteiger partial charge in [0.1, 0.15) is 0 Å². The standard InChI is InChI=1S/C10H11F3N2O4S/c1-19-9(16)5-20(17,18)15-8-3-2-6(14)4-7(8)10(11,12)13/h2-4,15H,5,14H2,1H3. The molecule has 0 saturated heterocycles. The molecule has 0 aliphatic rings. The molecule has 0 heterocycles. The molecule has 112 valence electrons. The average Bonchev–Trinajstić information content (AvgIpc) is 2.29. The maximum atomic E-state index is 12.8. The van der Waals surface area contributed by atoms with E-state index in [4.69, 9.17) is 5.73 Å². The zero-order chi connectivity index (χ0) is 15.6. The van der Waals surface area contributed by atoms with Gasteiger partial charge in [-0.3, -0.25) is 9.52 Å². The highest BCUT2D eigenvalue weighted by atomic mass is 32.2. The lowest BCUT2D eigenvalue weighted by molar-refractivity contribution is -0.138. The van der Waals surface area contributed by atoms with Crippen LogP contribution in [0, 0.1) is 0 Å². The molecular weight excluding hydrogens is 301 g/mol. The normalized spacial score (nSPS) is 12.0. The molecule has 1 aromatic rings. The van der Waals surface area contributed by atoms with Crippen LogP contribution in [0.1, 0.15) is 5.56 Å². The van der Waals surface area contributed by atoms with Gasteiger partial charge in [0.15, 0.2) is 5.75 Å². The lowest BCUT2D eigenvalue weighted by Crippen LogP contribution is -2.25. The summed E-state index contributed by atoms with van der Waals surface area (Å²) < 4.78 is 67.1. The molecule has 20 heavy (non-hydrogen) atoms. The first-order valence-corrected chi connectivity index (χ1v) is 6.74. The quantitative estimate of drug-likeness (QED) is 0.643. The Labute approximate surface area is 112 Å². The number of ether oxygens (including phenoxy) is 1. The molecule has 0 aromatic heterocycles. The van der Waals surface area contributed by atoms with Crippen LogP contribution in [0.2, 0.25) is 0 Å². The molecule has 0 radical (unpaired) electrons. The maximum absolute atomic E-state index is 12.8. The maximum Gasteiger partial charge on any atom is 0.418 e. The minimum Gasteiger partial charge on any atom is -0.468 e. The topological polar surface area (TPSA) is 98.5 Å². The van der Waals surface area contributed by atoms with Gasteiger partial charge >= 0.3 is 12.1 Å². The van der Waals surface area contributed by atoms with Crippen molar-refractivity contribution in [3.63, 3.8) is 0 Å². The molecule has 10 heteroatoms. The third-order valence-electron chi connectivity index (χ3n) is 2.15. The summed E-state index contributed by atoms with van der Waals surface area (Å²) in [5.74, 6) is -2.19. The summed E-state index contributed by atoms with van der Waals surface area (Å²) in [6.07, 6.45) is -4.79. The fourth-order valence-corrected chi connectivity index (χ4v) is 2.32. The second-order valence-corrected chi connectivity index (χ2v) is 5.46. The number of carbonyl (C=O) groups excluding carboxylic acids is 1. The van der Waals surface area contributed by atoms with Crippen LogP contribution in [0.5, 0.6) is 0 Å². The highest BCUT2D eigenvalue weighted by Crippen LogP contribution is 2.36. The van der Waals surface area contributed by atoms with Crippen molar-refractivity contribution in [2.75, 3.05) is 23.3 Å². The number of rotatable bonds is 4. The predicted molar refractivity (Wildman–Crippen MR) is 65.3 cm³/mol. The Kier molecular flexibility index (Phi) is 4.48. The summed E-state index contributed by atoms with van der Waals surface area (Å²) in [4.78, 5) is 10.9. The van der Waals surface area contributed by atoms with Crippen LogP contribution in [0.15, 0.2) is 18.2 Å². The number of benzene rings is 1. The first-order valence-electron chi connectivity index (χ1n) is 5.09. The Morgan fingerprint density at radius 2 is 2.00 bits per heavy atom. The van der Waals surface area contributed by atoms with Gasteiger partial charge in [-0.2, -0.15) is 13.2 Å². The fourth-order valence-electron chi connectivity index (χ4n) is 1.30. The summed E-state index contributed by atoms with van der Waals surface area (Å²) in [6.45, 7) is 0. The number of nitrogens with one attached hydrogen (secondary N) is 1. The molecule has 0 spiro atoms.